The van der Waals surface area contributed by atoms with Gasteiger partial charge in [0, 0.05) is 16.5 Å². The summed E-state index contributed by atoms with van der Waals surface area (Å²) in [6.45, 7) is -0.357. The quantitative estimate of drug-likeness (QED) is 0.369. The molecule has 5 heteroatoms. The van der Waals surface area contributed by atoms with Crippen LogP contribution in [0.25, 0.3) is 21.9 Å². The van der Waals surface area contributed by atoms with E-state index in [1.165, 1.54) is 0 Å². The maximum Gasteiger partial charge on any atom is 0.339 e. The number of Topliss-reactive ketones (excluding diaryl/α,β-unsaturated/α-hetero) is 1. The molecular weight excluding hydrogens is 366 g/mol. The molecule has 29 heavy (non-hydrogen) atoms. The summed E-state index contributed by atoms with van der Waals surface area (Å²) in [6.07, 6.45) is 3.75. The van der Waals surface area contributed by atoms with Gasteiger partial charge in [0.05, 0.1) is 11.1 Å². The number of ketones is 1. The van der Waals surface area contributed by atoms with E-state index in [-0.39, 0.29) is 18.2 Å². The second kappa shape index (κ2) is 7.17. The van der Waals surface area contributed by atoms with Crippen molar-refractivity contribution in [1.29, 1.82) is 0 Å². The van der Waals surface area contributed by atoms with Crippen LogP contribution in [0.5, 0.6) is 0 Å². The number of aryl methyl sites for hydroxylation is 1. The van der Waals surface area contributed by atoms with Gasteiger partial charge in [0.25, 0.3) is 0 Å². The molecule has 4 aromatic rings. The summed E-state index contributed by atoms with van der Waals surface area (Å²) in [6, 6.07) is 16.6. The van der Waals surface area contributed by atoms with Crippen LogP contribution in [-0.4, -0.2) is 23.3 Å². The van der Waals surface area contributed by atoms with Gasteiger partial charge in [-0.15, -0.1) is 0 Å². The number of fused-ring (bicyclic) bond motifs is 3. The molecule has 0 bridgehead atoms. The minimum Gasteiger partial charge on any atom is -0.454 e. The van der Waals surface area contributed by atoms with Crippen LogP contribution < -0.4 is 0 Å². The van der Waals surface area contributed by atoms with Crippen LogP contribution in [-0.2, 0) is 17.6 Å². The van der Waals surface area contributed by atoms with E-state index in [1.54, 1.807) is 12.1 Å². The molecular formula is C24H19NO4. The van der Waals surface area contributed by atoms with Gasteiger partial charge in [0.15, 0.2) is 12.4 Å². The van der Waals surface area contributed by atoms with Crippen molar-refractivity contribution < 1.29 is 18.7 Å². The summed E-state index contributed by atoms with van der Waals surface area (Å²) in [4.78, 5) is 30.3. The molecule has 5 nitrogen and oxygen atoms in total. The fourth-order valence-electron chi connectivity index (χ4n) is 4.00. The first-order chi connectivity index (χ1) is 14.2. The van der Waals surface area contributed by atoms with Gasteiger partial charge < -0.3 is 9.15 Å². The van der Waals surface area contributed by atoms with E-state index in [0.29, 0.717) is 11.1 Å². The van der Waals surface area contributed by atoms with Crippen LogP contribution in [0.1, 0.15) is 45.0 Å². The Morgan fingerprint density at radius 2 is 1.79 bits per heavy atom. The third-order valence-corrected chi connectivity index (χ3v) is 5.41. The molecule has 0 spiro atoms. The number of aromatic nitrogens is 1. The Hall–Kier alpha value is -3.47. The van der Waals surface area contributed by atoms with Crippen molar-refractivity contribution in [1.82, 2.24) is 4.98 Å². The minimum absolute atomic E-state index is 0.195. The third-order valence-electron chi connectivity index (χ3n) is 5.41. The summed E-state index contributed by atoms with van der Waals surface area (Å²) < 4.78 is 11.0. The van der Waals surface area contributed by atoms with Gasteiger partial charge in [-0.05, 0) is 49.4 Å². The number of carbonyl (C=O) groups is 2. The van der Waals surface area contributed by atoms with Crippen molar-refractivity contribution in [2.24, 2.45) is 0 Å². The summed E-state index contributed by atoms with van der Waals surface area (Å²) in [5, 5.41) is 1.62. The van der Waals surface area contributed by atoms with Crippen molar-refractivity contribution >= 4 is 33.6 Å². The Morgan fingerprint density at radius 1 is 1.00 bits per heavy atom. The fraction of sp³-hybridized carbons (Fsp3) is 0.208. The molecule has 1 aliphatic rings. The molecule has 2 aromatic heterocycles. The van der Waals surface area contributed by atoms with Gasteiger partial charge in [-0.2, -0.15) is 0 Å². The molecule has 0 saturated heterocycles. The van der Waals surface area contributed by atoms with Gasteiger partial charge in [-0.3, -0.25) is 9.78 Å². The molecule has 144 valence electrons. The SMILES string of the molecule is O=C(COC(=O)c1c2c(nc3ccccc13)CCCC2)c1cc2ccccc2o1. The number of hydrogen-bond acceptors (Lipinski definition) is 5. The van der Waals surface area contributed by atoms with Crippen LogP contribution >= 0.6 is 0 Å². The van der Waals surface area contributed by atoms with E-state index >= 15 is 0 Å². The Kier molecular flexibility index (Phi) is 4.35. The molecule has 0 N–H and O–H groups in total. The molecule has 1 aliphatic carbocycles. The average molecular weight is 385 g/mol. The lowest BCUT2D eigenvalue weighted by molar-refractivity contribution is 0.0469. The minimum atomic E-state index is -0.480. The lowest BCUT2D eigenvalue weighted by Gasteiger charge is -2.19. The highest BCUT2D eigenvalue weighted by Gasteiger charge is 2.24. The van der Waals surface area contributed by atoms with Gasteiger partial charge in [0.1, 0.15) is 5.58 Å². The molecule has 0 fully saturated rings. The van der Waals surface area contributed by atoms with Crippen molar-refractivity contribution in [3.63, 3.8) is 0 Å². The van der Waals surface area contributed by atoms with E-state index in [9.17, 15) is 9.59 Å². The van der Waals surface area contributed by atoms with E-state index in [1.807, 2.05) is 42.5 Å². The topological polar surface area (TPSA) is 69.4 Å². The first-order valence-corrected chi connectivity index (χ1v) is 9.80. The smallest absolute Gasteiger partial charge is 0.339 e. The summed E-state index contributed by atoms with van der Waals surface area (Å²) in [5.41, 5.74) is 3.88. The number of para-hydroxylation sites is 2. The van der Waals surface area contributed by atoms with E-state index < -0.39 is 5.97 Å². The zero-order chi connectivity index (χ0) is 19.8. The number of esters is 1. The molecule has 0 saturated carbocycles. The number of ether oxygens (including phenoxy) is 1. The van der Waals surface area contributed by atoms with Crippen molar-refractivity contribution in [3.05, 3.63) is 77.2 Å². The maximum absolute atomic E-state index is 13.0. The van der Waals surface area contributed by atoms with E-state index in [2.05, 4.69) is 0 Å². The van der Waals surface area contributed by atoms with E-state index in [0.717, 1.165) is 53.2 Å². The maximum atomic E-state index is 13.0. The van der Waals surface area contributed by atoms with Crippen LogP contribution in [0, 0.1) is 0 Å². The Bertz CT molecular complexity index is 1220. The van der Waals surface area contributed by atoms with E-state index in [4.69, 9.17) is 14.1 Å². The zero-order valence-electron chi connectivity index (χ0n) is 15.8. The van der Waals surface area contributed by atoms with Gasteiger partial charge in [-0.25, -0.2) is 4.79 Å². The van der Waals surface area contributed by atoms with Crippen molar-refractivity contribution in [3.8, 4) is 0 Å². The number of benzene rings is 2. The van der Waals surface area contributed by atoms with Crippen molar-refractivity contribution in [2.75, 3.05) is 6.61 Å². The Balaban J connectivity index is 1.43. The summed E-state index contributed by atoms with van der Waals surface area (Å²) >= 11 is 0. The van der Waals surface area contributed by atoms with Crippen LogP contribution in [0.15, 0.2) is 59.0 Å². The summed E-state index contributed by atoms with van der Waals surface area (Å²) in [5.74, 6) is -0.645. The Labute approximate surface area is 167 Å². The van der Waals surface area contributed by atoms with Gasteiger partial charge in [0.2, 0.25) is 5.78 Å². The molecule has 0 atom stereocenters. The lowest BCUT2D eigenvalue weighted by atomic mass is 9.90. The van der Waals surface area contributed by atoms with Crippen LogP contribution in [0.2, 0.25) is 0 Å². The summed E-state index contributed by atoms with van der Waals surface area (Å²) in [7, 11) is 0. The first-order valence-electron chi connectivity index (χ1n) is 9.80. The molecule has 2 aromatic carbocycles. The standard InChI is InChI=1S/C24H19NO4/c26-20(22-13-15-7-1-6-12-21(15)29-22)14-28-24(27)23-16-8-2-4-10-18(16)25-19-11-5-3-9-17(19)23/h1-2,4,6-8,10,12-13H,3,5,9,11,14H2. The van der Waals surface area contributed by atoms with Crippen LogP contribution in [0.3, 0.4) is 0 Å². The number of pyridine rings is 1. The molecule has 2 heterocycles. The normalized spacial score (nSPS) is 13.4. The number of hydrogen-bond donors (Lipinski definition) is 0. The lowest BCUT2D eigenvalue weighted by Crippen LogP contribution is -2.18. The van der Waals surface area contributed by atoms with Gasteiger partial charge >= 0.3 is 5.97 Å². The average Bonchev–Trinajstić information content (AvgIpc) is 3.20. The second-order valence-corrected chi connectivity index (χ2v) is 7.28. The highest BCUT2D eigenvalue weighted by Crippen LogP contribution is 2.30. The number of nitrogens with zero attached hydrogens (tertiary/aromatic N) is 1. The highest BCUT2D eigenvalue weighted by atomic mass is 16.5. The van der Waals surface area contributed by atoms with Crippen molar-refractivity contribution in [2.45, 2.75) is 25.7 Å². The molecule has 5 rings (SSSR count). The second-order valence-electron chi connectivity index (χ2n) is 7.28. The molecule has 0 aliphatic heterocycles. The molecule has 0 radical (unpaired) electrons. The van der Waals surface area contributed by atoms with Crippen LogP contribution in [0.4, 0.5) is 0 Å². The predicted octanol–water partition coefficient (Wildman–Crippen LogP) is 4.90. The predicted molar refractivity (Wildman–Crippen MR) is 109 cm³/mol. The number of furan rings is 1. The fourth-order valence-corrected chi connectivity index (χ4v) is 4.00. The largest absolute Gasteiger partial charge is 0.454 e. The monoisotopic (exact) mass is 385 g/mol. The molecule has 0 unspecified atom stereocenters. The first kappa shape index (κ1) is 17.6. The number of rotatable bonds is 4. The Morgan fingerprint density at radius 3 is 2.69 bits per heavy atom. The highest BCUT2D eigenvalue weighted by molar-refractivity contribution is 6.06. The number of carbonyl (C=O) groups excluding carboxylic acids is 2. The van der Waals surface area contributed by atoms with Gasteiger partial charge in [-0.1, -0.05) is 36.4 Å². The zero-order valence-corrected chi connectivity index (χ0v) is 15.8. The molecule has 0 amide bonds. The third kappa shape index (κ3) is 3.18.